The van der Waals surface area contributed by atoms with Crippen LogP contribution in [0.1, 0.15) is 17.4 Å². The molecule has 1 aromatic heterocycles. The van der Waals surface area contributed by atoms with Crippen LogP contribution in [0.25, 0.3) is 0 Å². The minimum atomic E-state index is -0.682. The lowest BCUT2D eigenvalue weighted by atomic mass is 10.2. The molecular weight excluding hydrogens is 402 g/mol. The van der Waals surface area contributed by atoms with Crippen molar-refractivity contribution in [3.8, 4) is 0 Å². The molecular formula is C19H22ClN3O4S. The topological polar surface area (TPSA) is 87.7 Å². The van der Waals surface area contributed by atoms with Crippen LogP contribution < -0.4 is 10.6 Å². The first-order chi connectivity index (χ1) is 13.5. The van der Waals surface area contributed by atoms with E-state index in [1.165, 1.54) is 11.3 Å². The molecule has 0 fully saturated rings. The lowest BCUT2D eigenvalue weighted by Gasteiger charge is -2.20. The van der Waals surface area contributed by atoms with Crippen molar-refractivity contribution < 1.29 is 19.1 Å². The van der Waals surface area contributed by atoms with Gasteiger partial charge in [-0.3, -0.25) is 9.59 Å². The third-order valence-electron chi connectivity index (χ3n) is 3.76. The number of thiophene rings is 1. The van der Waals surface area contributed by atoms with E-state index in [1.54, 1.807) is 11.0 Å². The van der Waals surface area contributed by atoms with Crippen molar-refractivity contribution in [1.82, 2.24) is 15.5 Å². The molecule has 2 aromatic rings. The van der Waals surface area contributed by atoms with Crippen LogP contribution >= 0.6 is 22.9 Å². The summed E-state index contributed by atoms with van der Waals surface area (Å²) < 4.78 is 5.60. The van der Waals surface area contributed by atoms with Gasteiger partial charge in [-0.15, -0.1) is 11.3 Å². The van der Waals surface area contributed by atoms with Crippen LogP contribution in [0.4, 0.5) is 4.79 Å². The molecule has 0 bridgehead atoms. The van der Waals surface area contributed by atoms with Gasteiger partial charge in [-0.25, -0.2) is 4.79 Å². The number of carbonyl (C=O) groups is 3. The molecule has 0 aliphatic carbocycles. The Balaban J connectivity index is 1.66. The van der Waals surface area contributed by atoms with Crippen LogP contribution in [0.2, 0.25) is 4.34 Å². The van der Waals surface area contributed by atoms with Crippen molar-refractivity contribution in [2.75, 3.05) is 19.7 Å². The number of hydrogen-bond donors (Lipinski definition) is 2. The fraction of sp³-hybridized carbons (Fsp3) is 0.316. The molecule has 0 saturated carbocycles. The Morgan fingerprint density at radius 3 is 2.50 bits per heavy atom. The zero-order chi connectivity index (χ0) is 20.4. The standard InChI is InChI=1S/C19H22ClN3O4S/c1-2-23(12-15-8-9-16(20)28-15)17(24)13-27-18(25)11-22-19(26)21-10-14-6-4-3-5-7-14/h3-9H,2,10-13H2,1H3,(H2,21,22,26). The molecule has 7 nitrogen and oxygen atoms in total. The molecule has 0 radical (unpaired) electrons. The van der Waals surface area contributed by atoms with Gasteiger partial charge in [0.2, 0.25) is 0 Å². The molecule has 0 atom stereocenters. The van der Waals surface area contributed by atoms with E-state index in [4.69, 9.17) is 16.3 Å². The molecule has 2 rings (SSSR count). The first-order valence-electron chi connectivity index (χ1n) is 8.71. The van der Waals surface area contributed by atoms with E-state index in [0.717, 1.165) is 10.4 Å². The number of ether oxygens (including phenoxy) is 1. The summed E-state index contributed by atoms with van der Waals surface area (Å²) in [7, 11) is 0. The SMILES string of the molecule is CCN(Cc1ccc(Cl)s1)C(=O)COC(=O)CNC(=O)NCc1ccccc1. The van der Waals surface area contributed by atoms with Gasteiger partial charge in [0.25, 0.3) is 5.91 Å². The number of urea groups is 1. The summed E-state index contributed by atoms with van der Waals surface area (Å²) in [5, 5.41) is 5.03. The number of nitrogens with zero attached hydrogens (tertiary/aromatic N) is 1. The van der Waals surface area contributed by atoms with E-state index < -0.39 is 12.0 Å². The Morgan fingerprint density at radius 2 is 1.86 bits per heavy atom. The highest BCUT2D eigenvalue weighted by molar-refractivity contribution is 7.16. The second kappa shape index (κ2) is 11.3. The molecule has 0 aliphatic rings. The number of esters is 1. The number of amides is 3. The highest BCUT2D eigenvalue weighted by atomic mass is 35.5. The van der Waals surface area contributed by atoms with Gasteiger partial charge in [0.1, 0.15) is 6.54 Å². The van der Waals surface area contributed by atoms with Gasteiger partial charge in [-0.1, -0.05) is 41.9 Å². The average molecular weight is 424 g/mol. The normalized spacial score (nSPS) is 10.2. The fourth-order valence-corrected chi connectivity index (χ4v) is 3.38. The first kappa shape index (κ1) is 21.7. The average Bonchev–Trinajstić information content (AvgIpc) is 3.12. The fourth-order valence-electron chi connectivity index (χ4n) is 2.28. The molecule has 2 N–H and O–H groups in total. The van der Waals surface area contributed by atoms with Crippen molar-refractivity contribution >= 4 is 40.8 Å². The minimum Gasteiger partial charge on any atom is -0.454 e. The maximum atomic E-state index is 12.2. The molecule has 0 saturated heterocycles. The third kappa shape index (κ3) is 7.58. The van der Waals surface area contributed by atoms with Crippen molar-refractivity contribution in [2.45, 2.75) is 20.0 Å². The zero-order valence-electron chi connectivity index (χ0n) is 15.4. The number of halogens is 1. The lowest BCUT2D eigenvalue weighted by molar-refractivity contribution is -0.151. The summed E-state index contributed by atoms with van der Waals surface area (Å²) >= 11 is 7.29. The van der Waals surface area contributed by atoms with E-state index in [1.807, 2.05) is 43.3 Å². The number of rotatable bonds is 9. The number of likely N-dealkylation sites (N-methyl/N-ethyl adjacent to an activating group) is 1. The second-order valence-corrected chi connectivity index (χ2v) is 7.60. The van der Waals surface area contributed by atoms with E-state index >= 15 is 0 Å². The minimum absolute atomic E-state index is 0.311. The Bertz CT molecular complexity index is 797. The molecule has 0 aliphatic heterocycles. The van der Waals surface area contributed by atoms with Crippen LogP contribution in [0.3, 0.4) is 0 Å². The molecule has 0 spiro atoms. The monoisotopic (exact) mass is 423 g/mol. The molecule has 1 aromatic carbocycles. The first-order valence-corrected chi connectivity index (χ1v) is 9.90. The predicted octanol–water partition coefficient (Wildman–Crippen LogP) is 2.79. The highest BCUT2D eigenvalue weighted by Crippen LogP contribution is 2.22. The van der Waals surface area contributed by atoms with Crippen LogP contribution in [-0.2, 0) is 27.4 Å². The number of nitrogens with one attached hydrogen (secondary N) is 2. The Hall–Kier alpha value is -2.58. The Morgan fingerprint density at radius 1 is 1.11 bits per heavy atom. The predicted molar refractivity (Wildman–Crippen MR) is 108 cm³/mol. The molecule has 9 heteroatoms. The summed E-state index contributed by atoms with van der Waals surface area (Å²) in [6.45, 7) is 2.38. The van der Waals surface area contributed by atoms with Gasteiger partial charge in [0.15, 0.2) is 6.61 Å². The van der Waals surface area contributed by atoms with Crippen LogP contribution in [0, 0.1) is 0 Å². The van der Waals surface area contributed by atoms with Gasteiger partial charge in [0, 0.05) is 18.0 Å². The van der Waals surface area contributed by atoms with Crippen molar-refractivity contribution in [3.05, 3.63) is 57.2 Å². The van der Waals surface area contributed by atoms with Crippen molar-refractivity contribution in [2.24, 2.45) is 0 Å². The Labute approximate surface area is 172 Å². The van der Waals surface area contributed by atoms with Gasteiger partial charge in [-0.2, -0.15) is 0 Å². The molecule has 0 unspecified atom stereocenters. The molecule has 3 amide bonds. The van der Waals surface area contributed by atoms with Crippen molar-refractivity contribution in [3.63, 3.8) is 0 Å². The van der Waals surface area contributed by atoms with E-state index in [2.05, 4.69) is 10.6 Å². The number of hydrogen-bond acceptors (Lipinski definition) is 5. The number of benzene rings is 1. The zero-order valence-corrected chi connectivity index (χ0v) is 17.0. The van der Waals surface area contributed by atoms with Gasteiger partial charge < -0.3 is 20.3 Å². The van der Waals surface area contributed by atoms with E-state index in [-0.39, 0.29) is 19.1 Å². The van der Waals surface area contributed by atoms with Crippen molar-refractivity contribution in [1.29, 1.82) is 0 Å². The van der Waals surface area contributed by atoms with Crippen LogP contribution in [-0.4, -0.2) is 42.5 Å². The summed E-state index contributed by atoms with van der Waals surface area (Å²) in [5.74, 6) is -0.993. The summed E-state index contributed by atoms with van der Waals surface area (Å²) in [6.07, 6.45) is 0. The van der Waals surface area contributed by atoms with E-state index in [9.17, 15) is 14.4 Å². The molecule has 150 valence electrons. The third-order valence-corrected chi connectivity index (χ3v) is 4.97. The van der Waals surface area contributed by atoms with Crippen LogP contribution in [0.15, 0.2) is 42.5 Å². The van der Waals surface area contributed by atoms with Gasteiger partial charge in [-0.05, 0) is 24.6 Å². The second-order valence-electron chi connectivity index (χ2n) is 5.80. The van der Waals surface area contributed by atoms with Gasteiger partial charge >= 0.3 is 12.0 Å². The van der Waals surface area contributed by atoms with Gasteiger partial charge in [0.05, 0.1) is 10.9 Å². The lowest BCUT2D eigenvalue weighted by Crippen LogP contribution is -2.39. The van der Waals surface area contributed by atoms with Crippen LogP contribution in [0.5, 0.6) is 0 Å². The number of carbonyl (C=O) groups excluding carboxylic acids is 3. The summed E-state index contributed by atoms with van der Waals surface area (Å²) in [6, 6.07) is 12.5. The largest absolute Gasteiger partial charge is 0.454 e. The Kier molecular flexibility index (Phi) is 8.77. The quantitative estimate of drug-likeness (QED) is 0.607. The summed E-state index contributed by atoms with van der Waals surface area (Å²) in [5.41, 5.74) is 0.942. The maximum Gasteiger partial charge on any atom is 0.325 e. The molecule has 1 heterocycles. The smallest absolute Gasteiger partial charge is 0.325 e. The summed E-state index contributed by atoms with van der Waals surface area (Å²) in [4.78, 5) is 38.2. The van der Waals surface area contributed by atoms with E-state index in [0.29, 0.717) is 24.0 Å². The maximum absolute atomic E-state index is 12.2. The molecule has 28 heavy (non-hydrogen) atoms. The highest BCUT2D eigenvalue weighted by Gasteiger charge is 2.16.